The van der Waals surface area contributed by atoms with E-state index in [-0.39, 0.29) is 17.7 Å². The van der Waals surface area contributed by atoms with E-state index in [4.69, 9.17) is 4.74 Å². The number of rotatable bonds is 6. The minimum atomic E-state index is -2.88. The maximum atomic E-state index is 11.7. The van der Waals surface area contributed by atoms with Gasteiger partial charge in [0, 0.05) is 12.2 Å². The van der Waals surface area contributed by atoms with E-state index >= 15 is 0 Å². The van der Waals surface area contributed by atoms with Gasteiger partial charge >= 0.3 is 0 Å². The molecule has 1 aromatic rings. The van der Waals surface area contributed by atoms with Crippen molar-refractivity contribution in [2.45, 2.75) is 25.8 Å². The first kappa shape index (κ1) is 15.3. The van der Waals surface area contributed by atoms with Gasteiger partial charge in [0.15, 0.2) is 9.84 Å². The predicted octanol–water partition coefficient (Wildman–Crippen LogP) is 1.57. The number of methoxy groups -OCH3 is 1. The van der Waals surface area contributed by atoms with E-state index in [0.717, 1.165) is 18.5 Å². The Labute approximate surface area is 120 Å². The fraction of sp³-hybridized carbons (Fsp3) is 0.643. The summed E-state index contributed by atoms with van der Waals surface area (Å²) in [6.45, 7) is 2.96. The number of hydrogen-bond donors (Lipinski definition) is 1. The highest BCUT2D eigenvalue weighted by Crippen LogP contribution is 2.32. The second kappa shape index (κ2) is 6.54. The van der Waals surface area contributed by atoms with Crippen LogP contribution in [0, 0.1) is 5.92 Å². The van der Waals surface area contributed by atoms with Crippen LogP contribution >= 0.6 is 0 Å². The van der Waals surface area contributed by atoms with Crippen LogP contribution in [0.3, 0.4) is 0 Å². The van der Waals surface area contributed by atoms with Crippen LogP contribution < -0.4 is 10.1 Å². The van der Waals surface area contributed by atoms with Gasteiger partial charge in [-0.15, -0.1) is 0 Å². The molecule has 0 amide bonds. The second-order valence-electron chi connectivity index (χ2n) is 5.25. The van der Waals surface area contributed by atoms with Gasteiger partial charge < -0.3 is 10.1 Å². The van der Waals surface area contributed by atoms with Crippen LogP contribution in [0.15, 0.2) is 18.5 Å². The molecule has 1 aliphatic rings. The van der Waals surface area contributed by atoms with E-state index in [9.17, 15) is 8.42 Å². The summed E-state index contributed by atoms with van der Waals surface area (Å²) < 4.78 is 28.6. The first-order valence-electron chi connectivity index (χ1n) is 6.98. The number of hydrogen-bond acceptors (Lipinski definition) is 5. The average molecular weight is 298 g/mol. The van der Waals surface area contributed by atoms with E-state index in [1.165, 1.54) is 0 Å². The summed E-state index contributed by atoms with van der Waals surface area (Å²) in [6, 6.07) is 1.96. The summed E-state index contributed by atoms with van der Waals surface area (Å²) in [5, 5.41) is 3.46. The predicted molar refractivity (Wildman–Crippen MR) is 78.6 cm³/mol. The second-order valence-corrected chi connectivity index (χ2v) is 7.48. The molecule has 0 saturated carbocycles. The molecule has 2 rings (SSSR count). The summed E-state index contributed by atoms with van der Waals surface area (Å²) in [5.41, 5.74) is 1.000. The highest BCUT2D eigenvalue weighted by molar-refractivity contribution is 7.91. The van der Waals surface area contributed by atoms with Crippen molar-refractivity contribution in [3.8, 4) is 5.75 Å². The first-order chi connectivity index (χ1) is 9.55. The number of sulfone groups is 1. The summed E-state index contributed by atoms with van der Waals surface area (Å²) in [6.07, 6.45) is 5.17. The normalized spacial score (nSPS) is 22.6. The Bertz CT molecular complexity index is 545. The van der Waals surface area contributed by atoms with Crippen molar-refractivity contribution >= 4 is 9.84 Å². The van der Waals surface area contributed by atoms with Crippen LogP contribution in [0.5, 0.6) is 5.75 Å². The third-order valence-corrected chi connectivity index (χ3v) is 5.48. The van der Waals surface area contributed by atoms with Crippen LogP contribution in [-0.2, 0) is 9.84 Å². The van der Waals surface area contributed by atoms with E-state index in [2.05, 4.69) is 17.2 Å². The molecule has 5 nitrogen and oxygen atoms in total. The molecule has 0 aromatic carbocycles. The third kappa shape index (κ3) is 3.70. The Balaban J connectivity index is 2.22. The highest BCUT2D eigenvalue weighted by atomic mass is 32.2. The van der Waals surface area contributed by atoms with Gasteiger partial charge in [0.25, 0.3) is 0 Å². The lowest BCUT2D eigenvalue weighted by Gasteiger charge is -2.24. The summed E-state index contributed by atoms with van der Waals surface area (Å²) in [4.78, 5) is 4.18. The third-order valence-electron chi connectivity index (χ3n) is 3.68. The molecule has 20 heavy (non-hydrogen) atoms. The molecule has 1 aliphatic heterocycles. The molecule has 0 aliphatic carbocycles. The van der Waals surface area contributed by atoms with Crippen molar-refractivity contribution in [1.82, 2.24) is 10.3 Å². The average Bonchev–Trinajstić information content (AvgIpc) is 2.80. The van der Waals surface area contributed by atoms with Gasteiger partial charge in [0.2, 0.25) is 0 Å². The van der Waals surface area contributed by atoms with Gasteiger partial charge in [0.1, 0.15) is 5.75 Å². The molecule has 2 atom stereocenters. The van der Waals surface area contributed by atoms with Crippen molar-refractivity contribution < 1.29 is 13.2 Å². The van der Waals surface area contributed by atoms with Crippen molar-refractivity contribution in [1.29, 1.82) is 0 Å². The fourth-order valence-corrected chi connectivity index (χ4v) is 4.50. The SMILES string of the molecule is CCCNC(c1cncc(OC)c1)C1CCS(=O)(=O)C1. The Morgan fingerprint density at radius 3 is 2.90 bits per heavy atom. The van der Waals surface area contributed by atoms with Gasteiger partial charge in [-0.3, -0.25) is 4.98 Å². The Morgan fingerprint density at radius 1 is 1.50 bits per heavy atom. The van der Waals surface area contributed by atoms with Crippen LogP contribution in [0.4, 0.5) is 0 Å². The Hall–Kier alpha value is -1.14. The van der Waals surface area contributed by atoms with Crippen LogP contribution in [0.1, 0.15) is 31.4 Å². The molecule has 2 unspecified atom stereocenters. The van der Waals surface area contributed by atoms with Crippen molar-refractivity contribution in [3.63, 3.8) is 0 Å². The molecule has 0 radical (unpaired) electrons. The number of nitrogens with one attached hydrogen (secondary N) is 1. The Kier molecular flexibility index (Phi) is 4.99. The fourth-order valence-electron chi connectivity index (χ4n) is 2.66. The lowest BCUT2D eigenvalue weighted by Crippen LogP contribution is -2.30. The minimum Gasteiger partial charge on any atom is -0.495 e. The lowest BCUT2D eigenvalue weighted by atomic mass is 9.93. The van der Waals surface area contributed by atoms with Crippen LogP contribution in [-0.4, -0.2) is 38.6 Å². The number of aromatic nitrogens is 1. The van der Waals surface area contributed by atoms with E-state index in [0.29, 0.717) is 17.9 Å². The minimum absolute atomic E-state index is 0.0230. The molecular formula is C14H22N2O3S. The van der Waals surface area contributed by atoms with Gasteiger partial charge in [-0.25, -0.2) is 8.42 Å². The van der Waals surface area contributed by atoms with E-state index in [1.54, 1.807) is 19.5 Å². The van der Waals surface area contributed by atoms with Crippen LogP contribution in [0.2, 0.25) is 0 Å². The molecule has 1 fully saturated rings. The van der Waals surface area contributed by atoms with Gasteiger partial charge in [-0.05, 0) is 36.9 Å². The van der Waals surface area contributed by atoms with Crippen molar-refractivity contribution in [3.05, 3.63) is 24.0 Å². The standard InChI is InChI=1S/C14H22N2O3S/c1-3-5-16-14(11-4-6-20(17,18)10-11)12-7-13(19-2)9-15-8-12/h7-9,11,14,16H,3-6,10H2,1-2H3. The summed E-state index contributed by atoms with van der Waals surface area (Å²) in [7, 11) is -1.27. The zero-order chi connectivity index (χ0) is 14.6. The number of pyridine rings is 1. The maximum absolute atomic E-state index is 11.7. The zero-order valence-electron chi connectivity index (χ0n) is 12.0. The molecule has 6 heteroatoms. The quantitative estimate of drug-likeness (QED) is 0.863. The van der Waals surface area contributed by atoms with Crippen LogP contribution in [0.25, 0.3) is 0 Å². The lowest BCUT2D eigenvalue weighted by molar-refractivity contribution is 0.384. The highest BCUT2D eigenvalue weighted by Gasteiger charge is 2.34. The monoisotopic (exact) mass is 298 g/mol. The van der Waals surface area contributed by atoms with Crippen molar-refractivity contribution in [2.75, 3.05) is 25.2 Å². The topological polar surface area (TPSA) is 68.3 Å². The van der Waals surface area contributed by atoms with E-state index < -0.39 is 9.84 Å². The molecule has 1 saturated heterocycles. The van der Waals surface area contributed by atoms with Gasteiger partial charge in [-0.2, -0.15) is 0 Å². The molecule has 2 heterocycles. The van der Waals surface area contributed by atoms with Crippen molar-refractivity contribution in [2.24, 2.45) is 5.92 Å². The molecular weight excluding hydrogens is 276 g/mol. The molecule has 112 valence electrons. The first-order valence-corrected chi connectivity index (χ1v) is 8.80. The van der Waals surface area contributed by atoms with Gasteiger partial charge in [0.05, 0.1) is 24.8 Å². The molecule has 0 spiro atoms. The molecule has 1 N–H and O–H groups in total. The zero-order valence-corrected chi connectivity index (χ0v) is 12.8. The Morgan fingerprint density at radius 2 is 2.30 bits per heavy atom. The van der Waals surface area contributed by atoms with E-state index in [1.807, 2.05) is 6.07 Å². The number of ether oxygens (including phenoxy) is 1. The summed E-state index contributed by atoms with van der Waals surface area (Å²) in [5.74, 6) is 1.36. The summed E-state index contributed by atoms with van der Waals surface area (Å²) >= 11 is 0. The molecule has 0 bridgehead atoms. The van der Waals surface area contributed by atoms with Gasteiger partial charge in [-0.1, -0.05) is 6.92 Å². The largest absolute Gasteiger partial charge is 0.495 e. The smallest absolute Gasteiger partial charge is 0.150 e. The maximum Gasteiger partial charge on any atom is 0.150 e. The molecule has 1 aromatic heterocycles. The number of nitrogens with zero attached hydrogens (tertiary/aromatic N) is 1.